The molecule has 1 aliphatic carbocycles. The predicted octanol–water partition coefficient (Wildman–Crippen LogP) is 13.2. The molecule has 0 N–H and O–H groups in total. The summed E-state index contributed by atoms with van der Waals surface area (Å²) in [5.74, 6) is -100.0. The van der Waals surface area contributed by atoms with Gasteiger partial charge < -0.3 is 0 Å². The van der Waals surface area contributed by atoms with Gasteiger partial charge in [-0.25, -0.2) is 9.98 Å². The van der Waals surface area contributed by atoms with Gasteiger partial charge in [0.1, 0.15) is 0 Å². The van der Waals surface area contributed by atoms with Gasteiger partial charge >= 0.3 is 83.4 Å². The van der Waals surface area contributed by atoms with Gasteiger partial charge in [0.25, 0.3) is 0 Å². The molecule has 0 heterocycles. The van der Waals surface area contributed by atoms with E-state index < -0.39 is 121 Å². The van der Waals surface area contributed by atoms with Crippen LogP contribution in [0.2, 0.25) is 0 Å². The highest BCUT2D eigenvalue weighted by molar-refractivity contribution is 5.42. The fourth-order valence-electron chi connectivity index (χ4n) is 4.69. The summed E-state index contributed by atoms with van der Waals surface area (Å²) in [5, 5.41) is 0. The van der Waals surface area contributed by atoms with E-state index in [-0.39, 0.29) is 12.8 Å². The van der Waals surface area contributed by atoms with Crippen LogP contribution in [0.3, 0.4) is 0 Å². The summed E-state index contributed by atoms with van der Waals surface area (Å²) < 4.78 is 405. The van der Waals surface area contributed by atoms with Crippen molar-refractivity contribution in [1.29, 1.82) is 0 Å². The van der Waals surface area contributed by atoms with Crippen LogP contribution in [0.4, 0.5) is 132 Å². The Morgan fingerprint density at radius 3 is 0.897 bits per heavy atom. The SMILES string of the molecule is FC(F)(F)C(F)(F)C(F)(F)C(F)(F)C(F)(F)C(F)(F)CCC(CCC(F)(F)C(F)(F)C(F)(F)C(F)(F)C(F)(F)C(F)(F)C(F)(F)C(F)(F)F)N=C=NC1CCCCC1. The number of rotatable bonds is 18. The third kappa shape index (κ3) is 8.45. The lowest BCUT2D eigenvalue weighted by Gasteiger charge is -2.43. The molecule has 58 heavy (non-hydrogen) atoms. The molecule has 32 heteroatoms. The number of halogens is 30. The van der Waals surface area contributed by atoms with E-state index in [1.54, 1.807) is 0 Å². The Bertz CT molecular complexity index is 1460. The molecule has 2 nitrogen and oxygen atoms in total. The lowest BCUT2D eigenvalue weighted by molar-refractivity contribution is -0.461. The smallest absolute Gasteiger partial charge is 0.222 e. The third-order valence-electron chi connectivity index (χ3n) is 8.42. The van der Waals surface area contributed by atoms with Crippen molar-refractivity contribution in [3.63, 3.8) is 0 Å². The molecule has 0 radical (unpaired) electrons. The Balaban J connectivity index is 3.66. The molecule has 1 fully saturated rings. The molecular weight excluding hydrogens is 910 g/mol. The van der Waals surface area contributed by atoms with Crippen LogP contribution in [0, 0.1) is 0 Å². The lowest BCUT2D eigenvalue weighted by Crippen LogP contribution is -2.74. The Labute approximate surface area is 302 Å². The van der Waals surface area contributed by atoms with E-state index in [0.29, 0.717) is 19.3 Å². The van der Waals surface area contributed by atoms with E-state index in [0.717, 1.165) is 0 Å². The van der Waals surface area contributed by atoms with Gasteiger partial charge in [-0.3, -0.25) is 0 Å². The van der Waals surface area contributed by atoms with Crippen LogP contribution in [0.5, 0.6) is 0 Å². The minimum atomic E-state index is -9.04. The molecule has 0 aliphatic heterocycles. The number of nitrogens with zero attached hydrogens (tertiary/aromatic N) is 2. The number of hydrogen-bond donors (Lipinski definition) is 0. The maximum absolute atomic E-state index is 14.4. The van der Waals surface area contributed by atoms with Crippen LogP contribution >= 0.6 is 0 Å². The zero-order valence-electron chi connectivity index (χ0n) is 27.3. The summed E-state index contributed by atoms with van der Waals surface area (Å²) in [6.07, 6.45) is -26.3. The summed E-state index contributed by atoms with van der Waals surface area (Å²) >= 11 is 0. The van der Waals surface area contributed by atoms with Crippen molar-refractivity contribution < 1.29 is 132 Å². The van der Waals surface area contributed by atoms with E-state index in [2.05, 4.69) is 9.98 Å². The highest BCUT2D eigenvalue weighted by Gasteiger charge is 2.95. The van der Waals surface area contributed by atoms with Gasteiger partial charge in [-0.1, -0.05) is 19.3 Å². The predicted molar refractivity (Wildman–Crippen MR) is 130 cm³/mol. The van der Waals surface area contributed by atoms with Gasteiger partial charge in [0, 0.05) is 12.8 Å². The molecule has 344 valence electrons. The van der Waals surface area contributed by atoms with Crippen LogP contribution in [-0.2, 0) is 0 Å². The largest absolute Gasteiger partial charge is 0.460 e. The minimum absolute atomic E-state index is 0.0789. The van der Waals surface area contributed by atoms with Crippen molar-refractivity contribution in [2.45, 2.75) is 153 Å². The van der Waals surface area contributed by atoms with Gasteiger partial charge in [-0.15, -0.1) is 0 Å². The first-order chi connectivity index (χ1) is 25.2. The van der Waals surface area contributed by atoms with Crippen molar-refractivity contribution in [2.24, 2.45) is 9.98 Å². The molecule has 0 saturated heterocycles. The van der Waals surface area contributed by atoms with Crippen LogP contribution in [0.15, 0.2) is 9.98 Å². The summed E-state index contributed by atoms with van der Waals surface area (Å²) in [4.78, 5) is 6.16. The van der Waals surface area contributed by atoms with Gasteiger partial charge in [0.15, 0.2) is 0 Å². The molecule has 1 rings (SSSR count). The Hall–Kier alpha value is -2.72. The second-order valence-electron chi connectivity index (χ2n) is 12.5. The Morgan fingerprint density at radius 1 is 0.362 bits per heavy atom. The summed E-state index contributed by atoms with van der Waals surface area (Å²) in [5.41, 5.74) is 0. The zero-order valence-corrected chi connectivity index (χ0v) is 27.3. The lowest BCUT2D eigenvalue weighted by atomic mass is 9.87. The third-order valence-corrected chi connectivity index (χ3v) is 8.42. The molecule has 1 saturated carbocycles. The van der Waals surface area contributed by atoms with Crippen LogP contribution in [0.25, 0.3) is 0 Å². The molecule has 0 aromatic heterocycles. The van der Waals surface area contributed by atoms with Crippen molar-refractivity contribution in [1.82, 2.24) is 0 Å². The highest BCUT2D eigenvalue weighted by Crippen LogP contribution is 2.65. The minimum Gasteiger partial charge on any atom is -0.222 e. The van der Waals surface area contributed by atoms with E-state index in [1.807, 2.05) is 0 Å². The molecule has 0 bridgehead atoms. The van der Waals surface area contributed by atoms with Crippen LogP contribution in [0.1, 0.15) is 57.8 Å². The van der Waals surface area contributed by atoms with Crippen LogP contribution < -0.4 is 0 Å². The zero-order chi connectivity index (χ0) is 46.6. The van der Waals surface area contributed by atoms with Crippen molar-refractivity contribution >= 4 is 6.01 Å². The van der Waals surface area contributed by atoms with Crippen molar-refractivity contribution in [3.8, 4) is 0 Å². The Morgan fingerprint density at radius 2 is 0.621 bits per heavy atom. The monoisotopic (exact) mass is 930 g/mol. The maximum atomic E-state index is 14.4. The molecule has 1 aliphatic rings. The van der Waals surface area contributed by atoms with Gasteiger partial charge in [-0.2, -0.15) is 132 Å². The topological polar surface area (TPSA) is 24.7 Å². The fourth-order valence-corrected chi connectivity index (χ4v) is 4.69. The average Bonchev–Trinajstić information content (AvgIpc) is 3.04. The summed E-state index contributed by atoms with van der Waals surface area (Å²) in [7, 11) is 0. The maximum Gasteiger partial charge on any atom is 0.460 e. The fraction of sp³-hybridized carbons (Fsp3) is 0.962. The molecule has 0 aromatic carbocycles. The second-order valence-corrected chi connectivity index (χ2v) is 12.5. The summed E-state index contributed by atoms with van der Waals surface area (Å²) in [6.45, 7) is 0. The molecule has 0 spiro atoms. The van der Waals surface area contributed by atoms with Crippen LogP contribution in [-0.4, -0.2) is 102 Å². The Kier molecular flexibility index (Phi) is 14.4. The quantitative estimate of drug-likeness (QED) is 0.0967. The summed E-state index contributed by atoms with van der Waals surface area (Å²) in [6, 6.07) is -2.63. The highest BCUT2D eigenvalue weighted by atomic mass is 19.4. The average molecular weight is 930 g/mol. The van der Waals surface area contributed by atoms with E-state index in [4.69, 9.17) is 0 Å². The molecule has 1 atom stereocenters. The van der Waals surface area contributed by atoms with Gasteiger partial charge in [0.05, 0.1) is 18.1 Å². The standard InChI is InChI=1S/C26H20F30N2/c27-13(28,15(31,32)17(35,36)19(39,40)20(41,42)22(45,46)24(49,50)26(54,55)56)8-6-12(58-10-57-11-4-2-1-3-5-11)7-9-14(29,30)16(33,34)18(37,38)21(43,44)23(47,48)25(51,52)53/h11-12H,1-9H2. The van der Waals surface area contributed by atoms with Gasteiger partial charge in [0.2, 0.25) is 0 Å². The van der Waals surface area contributed by atoms with E-state index in [9.17, 15) is 132 Å². The molecule has 0 amide bonds. The normalized spacial score (nSPS) is 18.2. The number of alkyl halides is 30. The molecule has 1 unspecified atom stereocenters. The number of aliphatic imine (C=N–C) groups is 2. The first-order valence-electron chi connectivity index (χ1n) is 15.0. The number of hydrogen-bond acceptors (Lipinski definition) is 2. The van der Waals surface area contributed by atoms with Gasteiger partial charge in [-0.05, 0) is 25.7 Å². The van der Waals surface area contributed by atoms with Crippen molar-refractivity contribution in [2.75, 3.05) is 0 Å². The molecule has 0 aromatic rings. The van der Waals surface area contributed by atoms with E-state index >= 15 is 0 Å². The second kappa shape index (κ2) is 15.6. The van der Waals surface area contributed by atoms with Crippen molar-refractivity contribution in [3.05, 3.63) is 0 Å². The molecular formula is C26H20F30N2. The first-order valence-corrected chi connectivity index (χ1v) is 15.0. The van der Waals surface area contributed by atoms with E-state index in [1.165, 1.54) is 6.01 Å². The first kappa shape index (κ1) is 53.3.